The van der Waals surface area contributed by atoms with Crippen LogP contribution in [0.15, 0.2) is 72.8 Å². The van der Waals surface area contributed by atoms with Gasteiger partial charge >= 0.3 is 0 Å². The molecule has 1 atom stereocenters. The molecule has 42 heavy (non-hydrogen) atoms. The van der Waals surface area contributed by atoms with Crippen LogP contribution in [0.25, 0.3) is 0 Å². The average Bonchev–Trinajstić information content (AvgIpc) is 2.96. The van der Waals surface area contributed by atoms with Crippen molar-refractivity contribution in [3.05, 3.63) is 88.9 Å². The Balaban J connectivity index is 2.10. The zero-order valence-corrected chi connectivity index (χ0v) is 26.1. The van der Waals surface area contributed by atoms with Crippen LogP contribution in [-0.4, -0.2) is 64.7 Å². The number of amides is 2. The minimum atomic E-state index is -3.98. The van der Waals surface area contributed by atoms with Crippen LogP contribution in [0.4, 0.5) is 5.69 Å². The molecule has 226 valence electrons. The molecular formula is C31H38ClN3O6S. The van der Waals surface area contributed by atoms with E-state index in [1.54, 1.807) is 36.4 Å². The summed E-state index contributed by atoms with van der Waals surface area (Å²) < 4.78 is 37.9. The fraction of sp³-hybridized carbons (Fsp3) is 0.355. The Morgan fingerprint density at radius 3 is 2.21 bits per heavy atom. The molecule has 0 saturated heterocycles. The van der Waals surface area contributed by atoms with E-state index < -0.39 is 28.5 Å². The third kappa shape index (κ3) is 9.12. The SMILES string of the molecule is COc1ccc(OC)c(N(CC(=O)N(Cc2cccc(Cl)c2)C(Cc2ccccc2)C(=O)NCC(C)C)S(C)(=O)=O)c1. The maximum atomic E-state index is 14.2. The highest BCUT2D eigenvalue weighted by Gasteiger charge is 2.34. The van der Waals surface area contributed by atoms with E-state index in [1.165, 1.54) is 25.2 Å². The Kier molecular flexibility index (Phi) is 11.6. The van der Waals surface area contributed by atoms with Gasteiger partial charge in [0.05, 0.1) is 26.2 Å². The number of halogens is 1. The van der Waals surface area contributed by atoms with Gasteiger partial charge in [-0.15, -0.1) is 0 Å². The molecule has 0 saturated carbocycles. The Labute approximate surface area is 253 Å². The van der Waals surface area contributed by atoms with E-state index in [0.717, 1.165) is 16.1 Å². The van der Waals surface area contributed by atoms with Crippen LogP contribution in [0.2, 0.25) is 5.02 Å². The number of methoxy groups -OCH3 is 2. The lowest BCUT2D eigenvalue weighted by Gasteiger charge is -2.34. The van der Waals surface area contributed by atoms with Crippen molar-refractivity contribution in [1.82, 2.24) is 10.2 Å². The molecule has 0 spiro atoms. The summed E-state index contributed by atoms with van der Waals surface area (Å²) in [5.74, 6) is -0.105. The lowest BCUT2D eigenvalue weighted by atomic mass is 10.0. The molecule has 0 aliphatic rings. The van der Waals surface area contributed by atoms with E-state index in [9.17, 15) is 18.0 Å². The molecule has 0 aromatic heterocycles. The molecule has 0 heterocycles. The first kappa shape index (κ1) is 32.8. The Morgan fingerprint density at radius 2 is 1.62 bits per heavy atom. The van der Waals surface area contributed by atoms with Gasteiger partial charge in [0.1, 0.15) is 24.1 Å². The number of rotatable bonds is 14. The van der Waals surface area contributed by atoms with Crippen LogP contribution in [0.3, 0.4) is 0 Å². The van der Waals surface area contributed by atoms with Crippen molar-refractivity contribution in [2.45, 2.75) is 32.9 Å². The van der Waals surface area contributed by atoms with Gasteiger partial charge in [-0.05, 0) is 41.3 Å². The minimum absolute atomic E-state index is 0.0266. The zero-order chi connectivity index (χ0) is 30.9. The summed E-state index contributed by atoms with van der Waals surface area (Å²) in [6.07, 6.45) is 1.23. The molecule has 0 bridgehead atoms. The van der Waals surface area contributed by atoms with Crippen LogP contribution in [0, 0.1) is 5.92 Å². The molecule has 0 radical (unpaired) electrons. The highest BCUT2D eigenvalue weighted by molar-refractivity contribution is 7.92. The molecule has 0 aliphatic carbocycles. The molecule has 11 heteroatoms. The number of benzene rings is 3. The number of anilines is 1. The maximum absolute atomic E-state index is 14.2. The highest BCUT2D eigenvalue weighted by atomic mass is 35.5. The van der Waals surface area contributed by atoms with Crippen LogP contribution in [0.5, 0.6) is 11.5 Å². The first-order chi connectivity index (χ1) is 19.9. The predicted molar refractivity (Wildman–Crippen MR) is 166 cm³/mol. The second kappa shape index (κ2) is 14.9. The summed E-state index contributed by atoms with van der Waals surface area (Å²) in [6, 6.07) is 20.1. The summed E-state index contributed by atoms with van der Waals surface area (Å²) in [5.41, 5.74) is 1.68. The van der Waals surface area contributed by atoms with Gasteiger partial charge in [0.2, 0.25) is 21.8 Å². The largest absolute Gasteiger partial charge is 0.497 e. The van der Waals surface area contributed by atoms with E-state index in [2.05, 4.69) is 5.32 Å². The summed E-state index contributed by atoms with van der Waals surface area (Å²) in [5, 5.41) is 3.43. The van der Waals surface area contributed by atoms with Gasteiger partial charge in [0.15, 0.2) is 0 Å². The number of carbonyl (C=O) groups is 2. The van der Waals surface area contributed by atoms with Gasteiger partial charge in [0.25, 0.3) is 0 Å². The van der Waals surface area contributed by atoms with Crippen molar-refractivity contribution >= 4 is 39.1 Å². The predicted octanol–water partition coefficient (Wildman–Crippen LogP) is 4.54. The molecule has 3 aromatic carbocycles. The Bertz CT molecular complexity index is 1470. The molecule has 0 aliphatic heterocycles. The van der Waals surface area contributed by atoms with Gasteiger partial charge in [-0.3, -0.25) is 13.9 Å². The van der Waals surface area contributed by atoms with E-state index in [1.807, 2.05) is 44.2 Å². The van der Waals surface area contributed by atoms with Crippen molar-refractivity contribution in [3.63, 3.8) is 0 Å². The second-order valence-corrected chi connectivity index (χ2v) is 12.6. The first-order valence-electron chi connectivity index (χ1n) is 13.5. The zero-order valence-electron chi connectivity index (χ0n) is 24.5. The fourth-order valence-electron chi connectivity index (χ4n) is 4.39. The lowest BCUT2D eigenvalue weighted by molar-refractivity contribution is -0.140. The number of hydrogen-bond acceptors (Lipinski definition) is 6. The van der Waals surface area contributed by atoms with Crippen LogP contribution in [-0.2, 0) is 32.6 Å². The number of nitrogens with one attached hydrogen (secondary N) is 1. The molecule has 2 amide bonds. The third-order valence-corrected chi connectivity index (χ3v) is 7.89. The molecule has 3 rings (SSSR count). The smallest absolute Gasteiger partial charge is 0.244 e. The number of nitrogens with zero attached hydrogens (tertiary/aromatic N) is 2. The minimum Gasteiger partial charge on any atom is -0.497 e. The van der Waals surface area contributed by atoms with E-state index >= 15 is 0 Å². The number of sulfonamides is 1. The van der Waals surface area contributed by atoms with Gasteiger partial charge in [-0.1, -0.05) is 67.9 Å². The molecule has 9 nitrogen and oxygen atoms in total. The van der Waals surface area contributed by atoms with Gasteiger partial charge in [-0.25, -0.2) is 8.42 Å². The second-order valence-electron chi connectivity index (χ2n) is 10.3. The van der Waals surface area contributed by atoms with Crippen molar-refractivity contribution in [2.75, 3.05) is 37.9 Å². The van der Waals surface area contributed by atoms with Crippen LogP contribution >= 0.6 is 11.6 Å². The normalized spacial score (nSPS) is 12.0. The Hall–Kier alpha value is -3.76. The summed E-state index contributed by atoms with van der Waals surface area (Å²) in [7, 11) is -1.11. The summed E-state index contributed by atoms with van der Waals surface area (Å²) >= 11 is 6.25. The molecule has 0 fully saturated rings. The number of hydrogen-bond donors (Lipinski definition) is 1. The van der Waals surface area contributed by atoms with Gasteiger partial charge < -0.3 is 19.7 Å². The number of carbonyl (C=O) groups excluding carboxylic acids is 2. The summed E-state index contributed by atoms with van der Waals surface area (Å²) in [4.78, 5) is 29.3. The van der Waals surface area contributed by atoms with Crippen LogP contribution < -0.4 is 19.1 Å². The number of ether oxygens (including phenoxy) is 2. The van der Waals surface area contributed by atoms with E-state index in [0.29, 0.717) is 22.9 Å². The first-order valence-corrected chi connectivity index (χ1v) is 15.7. The lowest BCUT2D eigenvalue weighted by Crippen LogP contribution is -2.53. The molecule has 3 aromatic rings. The Morgan fingerprint density at radius 1 is 0.929 bits per heavy atom. The quantitative estimate of drug-likeness (QED) is 0.286. The van der Waals surface area contributed by atoms with Crippen molar-refractivity contribution < 1.29 is 27.5 Å². The topological polar surface area (TPSA) is 105 Å². The van der Waals surface area contributed by atoms with Gasteiger partial charge in [0, 0.05) is 30.6 Å². The maximum Gasteiger partial charge on any atom is 0.244 e. The highest BCUT2D eigenvalue weighted by Crippen LogP contribution is 2.34. The standard InChI is InChI=1S/C31H38ClN3O6S/c1-22(2)19-33-31(37)28(17-23-10-7-6-8-11-23)34(20-24-12-9-13-25(32)16-24)30(36)21-35(42(5,38)39)27-18-26(40-3)14-15-29(27)41-4/h6-16,18,22,28H,17,19-21H2,1-5H3,(H,33,37). The monoisotopic (exact) mass is 615 g/mol. The molecule has 1 unspecified atom stereocenters. The van der Waals surface area contributed by atoms with Crippen molar-refractivity contribution in [3.8, 4) is 11.5 Å². The summed E-state index contributed by atoms with van der Waals surface area (Å²) in [6.45, 7) is 3.82. The van der Waals surface area contributed by atoms with E-state index in [4.69, 9.17) is 21.1 Å². The van der Waals surface area contributed by atoms with Crippen LogP contribution in [0.1, 0.15) is 25.0 Å². The van der Waals surface area contributed by atoms with Gasteiger partial charge in [-0.2, -0.15) is 0 Å². The fourth-order valence-corrected chi connectivity index (χ4v) is 5.45. The van der Waals surface area contributed by atoms with E-state index in [-0.39, 0.29) is 36.2 Å². The van der Waals surface area contributed by atoms with Crippen molar-refractivity contribution in [2.24, 2.45) is 5.92 Å². The van der Waals surface area contributed by atoms with Crippen molar-refractivity contribution in [1.29, 1.82) is 0 Å². The molecular weight excluding hydrogens is 578 g/mol. The average molecular weight is 616 g/mol. The third-order valence-electron chi connectivity index (χ3n) is 6.53. The molecule has 1 N–H and O–H groups in total.